The van der Waals surface area contributed by atoms with E-state index in [1.54, 1.807) is 0 Å². The fourth-order valence-corrected chi connectivity index (χ4v) is 12.1. The molecule has 0 aromatic heterocycles. The molecule has 3 aliphatic carbocycles. The van der Waals surface area contributed by atoms with Gasteiger partial charge in [0.25, 0.3) is 0 Å². The van der Waals surface area contributed by atoms with Crippen molar-refractivity contribution in [3.63, 3.8) is 0 Å². The van der Waals surface area contributed by atoms with Crippen LogP contribution < -0.4 is 9.80 Å². The summed E-state index contributed by atoms with van der Waals surface area (Å²) in [5.41, 5.74) is 19.5. The van der Waals surface area contributed by atoms with Crippen LogP contribution in [0.4, 0.5) is 34.1 Å². The van der Waals surface area contributed by atoms with Gasteiger partial charge in [0.15, 0.2) is 0 Å². The third-order valence-corrected chi connectivity index (χ3v) is 17.1. The molecule has 0 atom stereocenters. The van der Waals surface area contributed by atoms with Crippen molar-refractivity contribution in [2.45, 2.75) is 180 Å². The van der Waals surface area contributed by atoms with Gasteiger partial charge in [-0.2, -0.15) is 0 Å². The van der Waals surface area contributed by atoms with Crippen LogP contribution in [0.1, 0.15) is 181 Å². The summed E-state index contributed by atoms with van der Waals surface area (Å²) in [4.78, 5) is 5.00. The zero-order chi connectivity index (χ0) is 48.3. The predicted octanol–water partition coefficient (Wildman–Crippen LogP) is 19.3. The Bertz CT molecular complexity index is 2780. The van der Waals surface area contributed by atoms with Gasteiger partial charge in [-0.05, 0) is 188 Å². The molecule has 3 heteroatoms. The van der Waals surface area contributed by atoms with Crippen LogP contribution in [0.3, 0.4) is 0 Å². The molecular weight excluding hydrogens is 832 g/mol. The topological polar surface area (TPSA) is 6.48 Å². The Balaban J connectivity index is 1.33. The van der Waals surface area contributed by atoms with Gasteiger partial charge in [-0.3, -0.25) is 0 Å². The molecule has 3 aliphatic rings. The van der Waals surface area contributed by atoms with E-state index in [1.165, 1.54) is 69.3 Å². The van der Waals surface area contributed by atoms with E-state index >= 15 is 0 Å². The molecule has 9 rings (SSSR count). The molecule has 67 heavy (non-hydrogen) atoms. The molecule has 0 unspecified atom stereocenters. The van der Waals surface area contributed by atoms with Gasteiger partial charge in [0.05, 0.1) is 5.69 Å². The van der Waals surface area contributed by atoms with Gasteiger partial charge in [-0.25, -0.2) is 0 Å². The van der Waals surface area contributed by atoms with Crippen LogP contribution in [0.2, 0.25) is 5.02 Å². The van der Waals surface area contributed by atoms with E-state index in [-0.39, 0.29) is 37.9 Å². The van der Waals surface area contributed by atoms with Gasteiger partial charge >= 0.3 is 0 Å². The quantitative estimate of drug-likeness (QED) is 0.157. The van der Waals surface area contributed by atoms with Crippen molar-refractivity contribution >= 4 is 45.7 Å². The van der Waals surface area contributed by atoms with E-state index in [2.05, 4.69) is 235 Å². The van der Waals surface area contributed by atoms with Crippen molar-refractivity contribution in [3.8, 4) is 11.1 Å². The predicted molar refractivity (Wildman–Crippen MR) is 291 cm³/mol. The third-order valence-electron chi connectivity index (χ3n) is 16.9. The molecule has 0 amide bonds. The van der Waals surface area contributed by atoms with E-state index in [0.29, 0.717) is 5.02 Å². The Kier molecular flexibility index (Phi) is 11.4. The molecule has 0 radical (unpaired) electrons. The lowest BCUT2D eigenvalue weighted by atomic mass is 9.63. The van der Waals surface area contributed by atoms with Gasteiger partial charge < -0.3 is 9.80 Å². The van der Waals surface area contributed by atoms with Crippen LogP contribution in [0.25, 0.3) is 11.1 Å². The zero-order valence-corrected chi connectivity index (χ0v) is 44.3. The fraction of sp³-hybridized carbons (Fsp3) is 0.438. The summed E-state index contributed by atoms with van der Waals surface area (Å²) in [6, 6.07) is 46.8. The van der Waals surface area contributed by atoms with Crippen LogP contribution in [0, 0.1) is 0 Å². The van der Waals surface area contributed by atoms with Crippen LogP contribution in [0.5, 0.6) is 0 Å². The second kappa shape index (κ2) is 16.2. The minimum Gasteiger partial charge on any atom is -0.310 e. The lowest BCUT2D eigenvalue weighted by molar-refractivity contribution is 0.332. The summed E-state index contributed by atoms with van der Waals surface area (Å²) in [5, 5.41) is 0.702. The van der Waals surface area contributed by atoms with Crippen molar-refractivity contribution in [2.75, 3.05) is 9.80 Å². The maximum Gasteiger partial charge on any atom is 0.0540 e. The maximum atomic E-state index is 7.57. The highest BCUT2D eigenvalue weighted by molar-refractivity contribution is 6.31. The SMILES string of the molecule is CC(C)(C)c1ccc(N(c2cc(Cl)cc(N(c3ccc4c(c3)C(C)(C)CCC4(C)C)c3ccc4c(c3)C(C)(C)CCC4(C)C)c2)c2ccc3c(c2)C(C)(C)CCC3(C)C)c(-c2ccccc2)c1. The molecule has 6 aromatic carbocycles. The van der Waals surface area contributed by atoms with Gasteiger partial charge in [0.2, 0.25) is 0 Å². The van der Waals surface area contributed by atoms with Gasteiger partial charge in [0, 0.05) is 39.0 Å². The fourth-order valence-electron chi connectivity index (χ4n) is 11.9. The van der Waals surface area contributed by atoms with E-state index in [0.717, 1.165) is 53.4 Å². The van der Waals surface area contributed by atoms with E-state index in [4.69, 9.17) is 11.6 Å². The van der Waals surface area contributed by atoms with Crippen LogP contribution >= 0.6 is 11.6 Å². The Labute approximate surface area is 410 Å². The second-order valence-corrected chi connectivity index (χ2v) is 26.1. The average Bonchev–Trinajstić information content (AvgIpc) is 3.26. The van der Waals surface area contributed by atoms with E-state index < -0.39 is 0 Å². The average molecular weight is 910 g/mol. The number of fused-ring (bicyclic) bond motifs is 3. The smallest absolute Gasteiger partial charge is 0.0540 e. The lowest BCUT2D eigenvalue weighted by Crippen LogP contribution is -2.34. The third kappa shape index (κ3) is 8.57. The highest BCUT2D eigenvalue weighted by atomic mass is 35.5. The molecule has 0 bridgehead atoms. The van der Waals surface area contributed by atoms with Crippen molar-refractivity contribution in [1.82, 2.24) is 0 Å². The number of hydrogen-bond donors (Lipinski definition) is 0. The zero-order valence-electron chi connectivity index (χ0n) is 43.6. The van der Waals surface area contributed by atoms with Gasteiger partial charge in [-0.15, -0.1) is 0 Å². The summed E-state index contributed by atoms with van der Waals surface area (Å²) >= 11 is 7.57. The molecular formula is C64H77ClN2. The summed E-state index contributed by atoms with van der Waals surface area (Å²) in [6.07, 6.45) is 6.98. The Morgan fingerprint density at radius 2 is 0.746 bits per heavy atom. The Morgan fingerprint density at radius 1 is 0.373 bits per heavy atom. The first kappa shape index (κ1) is 47.3. The molecule has 0 aliphatic heterocycles. The molecule has 0 spiro atoms. The number of benzene rings is 6. The highest BCUT2D eigenvalue weighted by Crippen LogP contribution is 2.54. The largest absolute Gasteiger partial charge is 0.310 e. The van der Waals surface area contributed by atoms with Crippen molar-refractivity contribution in [1.29, 1.82) is 0 Å². The molecule has 350 valence electrons. The lowest BCUT2D eigenvalue weighted by Gasteiger charge is -2.43. The molecule has 0 saturated carbocycles. The molecule has 2 nitrogen and oxygen atoms in total. The summed E-state index contributed by atoms with van der Waals surface area (Å²) in [7, 11) is 0. The van der Waals surface area contributed by atoms with E-state index in [9.17, 15) is 0 Å². The first-order chi connectivity index (χ1) is 31.2. The number of hydrogen-bond acceptors (Lipinski definition) is 2. The monoisotopic (exact) mass is 909 g/mol. The second-order valence-electron chi connectivity index (χ2n) is 25.7. The number of anilines is 6. The van der Waals surface area contributed by atoms with Crippen LogP contribution in [-0.2, 0) is 37.9 Å². The number of nitrogens with zero attached hydrogens (tertiary/aromatic N) is 2. The Hall–Kier alpha value is -4.79. The molecule has 0 heterocycles. The van der Waals surface area contributed by atoms with E-state index in [1.807, 2.05) is 0 Å². The molecule has 0 N–H and O–H groups in total. The minimum atomic E-state index is -0.0324. The van der Waals surface area contributed by atoms with Crippen molar-refractivity contribution < 1.29 is 0 Å². The first-order valence-corrected chi connectivity index (χ1v) is 25.6. The van der Waals surface area contributed by atoms with Crippen molar-refractivity contribution in [3.05, 3.63) is 165 Å². The van der Waals surface area contributed by atoms with Crippen LogP contribution in [-0.4, -0.2) is 0 Å². The minimum absolute atomic E-state index is 0.0324. The number of halogens is 1. The van der Waals surface area contributed by atoms with Gasteiger partial charge in [0.1, 0.15) is 0 Å². The van der Waals surface area contributed by atoms with Crippen molar-refractivity contribution in [2.24, 2.45) is 0 Å². The molecule has 0 saturated heterocycles. The molecule has 6 aromatic rings. The number of rotatable bonds is 7. The standard InChI is InChI=1S/C64H77ClN2/c1-58(2,3)43-21-28-57(50(35-43)42-19-17-16-18-20-42)67(47-24-27-53-56(41-47)64(14,15)34-31-61(53,8)9)49-37-44(65)36-48(38-49)66(45-22-25-51-54(39-45)62(10,11)32-29-59(51,4)5)46-23-26-52-55(40-46)63(12,13)33-30-60(52,6)7/h16-28,35-41H,29-34H2,1-15H3. The molecule has 0 fully saturated rings. The first-order valence-electron chi connectivity index (χ1n) is 25.2. The maximum absolute atomic E-state index is 7.57. The summed E-state index contributed by atoms with van der Waals surface area (Å²) in [5.74, 6) is 0. The highest BCUT2D eigenvalue weighted by Gasteiger charge is 2.41. The van der Waals surface area contributed by atoms with Crippen LogP contribution in [0.15, 0.2) is 121 Å². The normalized spacial score (nSPS) is 19.4. The summed E-state index contributed by atoms with van der Waals surface area (Å²) in [6.45, 7) is 36.1. The Morgan fingerprint density at radius 3 is 1.15 bits per heavy atom. The summed E-state index contributed by atoms with van der Waals surface area (Å²) < 4.78 is 0. The van der Waals surface area contributed by atoms with Gasteiger partial charge in [-0.1, -0.05) is 170 Å².